The highest BCUT2D eigenvalue weighted by molar-refractivity contribution is 5.85. The van der Waals surface area contributed by atoms with Crippen molar-refractivity contribution in [2.45, 2.75) is 26.4 Å². The Balaban J connectivity index is 0.00000324. The van der Waals surface area contributed by atoms with Crippen LogP contribution < -0.4 is 11.1 Å². The normalized spacial score (nSPS) is 11.6. The van der Waals surface area contributed by atoms with Gasteiger partial charge in [-0.15, -0.1) is 12.4 Å². The van der Waals surface area contributed by atoms with E-state index in [9.17, 15) is 14.9 Å². The number of carbonyl (C=O) groups excluding carboxylic acids is 1. The second-order valence-electron chi connectivity index (χ2n) is 4.41. The molecule has 0 aromatic heterocycles. The first-order valence-electron chi connectivity index (χ1n) is 5.68. The first kappa shape index (κ1) is 17.3. The molecule has 7 heteroatoms. The largest absolute Gasteiger partial charge is 0.351 e. The minimum atomic E-state index is -0.539. The quantitative estimate of drug-likeness (QED) is 0.635. The van der Waals surface area contributed by atoms with Crippen LogP contribution in [-0.2, 0) is 11.3 Å². The summed E-state index contributed by atoms with van der Waals surface area (Å²) in [6.45, 7) is 4.06. The Morgan fingerprint density at radius 1 is 1.37 bits per heavy atom. The minimum absolute atomic E-state index is 0. The lowest BCUT2D eigenvalue weighted by Gasteiger charge is -2.15. The van der Waals surface area contributed by atoms with Gasteiger partial charge in [-0.05, 0) is 11.5 Å². The molecule has 0 radical (unpaired) electrons. The van der Waals surface area contributed by atoms with Crippen LogP contribution in [0.15, 0.2) is 24.3 Å². The topological polar surface area (TPSA) is 98.3 Å². The lowest BCUT2D eigenvalue weighted by Crippen LogP contribution is -2.43. The lowest BCUT2D eigenvalue weighted by atomic mass is 10.0. The maximum Gasteiger partial charge on any atom is 0.269 e. The molecule has 1 rings (SSSR count). The van der Waals surface area contributed by atoms with Gasteiger partial charge >= 0.3 is 0 Å². The molecule has 0 bridgehead atoms. The first-order chi connectivity index (χ1) is 8.41. The van der Waals surface area contributed by atoms with Gasteiger partial charge in [0.15, 0.2) is 0 Å². The van der Waals surface area contributed by atoms with Gasteiger partial charge in [-0.3, -0.25) is 14.9 Å². The van der Waals surface area contributed by atoms with Crippen LogP contribution in [0, 0.1) is 16.0 Å². The molecule has 0 aliphatic carbocycles. The van der Waals surface area contributed by atoms with Crippen molar-refractivity contribution in [3.63, 3.8) is 0 Å². The Hall–Kier alpha value is -1.66. The van der Waals surface area contributed by atoms with E-state index in [0.717, 1.165) is 5.56 Å². The second kappa shape index (κ2) is 7.70. The van der Waals surface area contributed by atoms with Gasteiger partial charge in [-0.2, -0.15) is 0 Å². The number of hydrogen-bond donors (Lipinski definition) is 2. The predicted molar refractivity (Wildman–Crippen MR) is 75.0 cm³/mol. The number of hydrogen-bond acceptors (Lipinski definition) is 4. The van der Waals surface area contributed by atoms with E-state index in [1.54, 1.807) is 12.1 Å². The van der Waals surface area contributed by atoms with Gasteiger partial charge in [-0.1, -0.05) is 26.0 Å². The molecule has 1 atom stereocenters. The molecule has 0 spiro atoms. The number of nitrogens with one attached hydrogen (secondary N) is 1. The number of nitro benzene ring substituents is 1. The zero-order valence-electron chi connectivity index (χ0n) is 10.8. The number of nitrogens with zero attached hydrogens (tertiary/aromatic N) is 1. The maximum atomic E-state index is 11.6. The van der Waals surface area contributed by atoms with Gasteiger partial charge in [0.25, 0.3) is 5.69 Å². The lowest BCUT2D eigenvalue weighted by molar-refractivity contribution is -0.384. The molecule has 1 aromatic rings. The summed E-state index contributed by atoms with van der Waals surface area (Å²) in [6.07, 6.45) is 0. The minimum Gasteiger partial charge on any atom is -0.351 e. The summed E-state index contributed by atoms with van der Waals surface area (Å²) in [5.74, 6) is -0.148. The van der Waals surface area contributed by atoms with Crippen molar-refractivity contribution in [3.8, 4) is 0 Å². The summed E-state index contributed by atoms with van der Waals surface area (Å²) in [5.41, 5.74) is 6.51. The summed E-state index contributed by atoms with van der Waals surface area (Å²) >= 11 is 0. The number of non-ortho nitro benzene ring substituents is 1. The van der Waals surface area contributed by atoms with Crippen molar-refractivity contribution in [1.29, 1.82) is 0 Å². The molecule has 106 valence electrons. The molecule has 0 saturated carbocycles. The van der Waals surface area contributed by atoms with Crippen LogP contribution in [-0.4, -0.2) is 16.9 Å². The van der Waals surface area contributed by atoms with Gasteiger partial charge in [0.1, 0.15) is 0 Å². The summed E-state index contributed by atoms with van der Waals surface area (Å²) < 4.78 is 0. The molecule has 0 aliphatic heterocycles. The number of amides is 1. The zero-order valence-corrected chi connectivity index (χ0v) is 11.6. The number of benzene rings is 1. The smallest absolute Gasteiger partial charge is 0.269 e. The van der Waals surface area contributed by atoms with Crippen molar-refractivity contribution in [3.05, 3.63) is 39.9 Å². The molecule has 19 heavy (non-hydrogen) atoms. The van der Waals surface area contributed by atoms with Gasteiger partial charge in [0, 0.05) is 18.7 Å². The maximum absolute atomic E-state index is 11.6. The van der Waals surface area contributed by atoms with Gasteiger partial charge in [-0.25, -0.2) is 0 Å². The van der Waals surface area contributed by atoms with E-state index in [-0.39, 0.29) is 29.9 Å². The molecule has 0 aliphatic rings. The number of nitro groups is 1. The fourth-order valence-electron chi connectivity index (χ4n) is 1.35. The van der Waals surface area contributed by atoms with E-state index in [0.29, 0.717) is 6.54 Å². The molecule has 1 aromatic carbocycles. The van der Waals surface area contributed by atoms with Crippen LogP contribution in [0.2, 0.25) is 0 Å². The Kier molecular flexibility index (Phi) is 7.03. The standard InChI is InChI=1S/C12H17N3O3.ClH/c1-8(2)11(13)12(16)14-7-9-3-5-10(6-4-9)15(17)18;/h3-6,8,11H,7,13H2,1-2H3,(H,14,16);1H. The van der Waals surface area contributed by atoms with E-state index >= 15 is 0 Å². The van der Waals surface area contributed by atoms with Crippen molar-refractivity contribution in [1.82, 2.24) is 5.32 Å². The predicted octanol–water partition coefficient (Wildman–Crippen LogP) is 1.62. The van der Waals surface area contributed by atoms with Crippen molar-refractivity contribution in [2.24, 2.45) is 11.7 Å². The Bertz CT molecular complexity index is 434. The van der Waals surface area contributed by atoms with Crippen molar-refractivity contribution < 1.29 is 9.72 Å². The van der Waals surface area contributed by atoms with Crippen LogP contribution in [0.1, 0.15) is 19.4 Å². The number of rotatable bonds is 5. The Morgan fingerprint density at radius 3 is 2.32 bits per heavy atom. The third-order valence-corrected chi connectivity index (χ3v) is 2.63. The molecule has 1 amide bonds. The molecule has 0 heterocycles. The average molecular weight is 288 g/mol. The number of carbonyl (C=O) groups is 1. The molecule has 0 saturated heterocycles. The van der Waals surface area contributed by atoms with E-state index in [2.05, 4.69) is 5.32 Å². The van der Waals surface area contributed by atoms with Gasteiger partial charge < -0.3 is 11.1 Å². The highest BCUT2D eigenvalue weighted by Gasteiger charge is 2.16. The molecule has 6 nitrogen and oxygen atoms in total. The second-order valence-corrected chi connectivity index (χ2v) is 4.41. The summed E-state index contributed by atoms with van der Waals surface area (Å²) in [6, 6.07) is 5.50. The monoisotopic (exact) mass is 287 g/mol. The molecular weight excluding hydrogens is 270 g/mol. The Labute approximate surface area is 117 Å². The van der Waals surface area contributed by atoms with Crippen LogP contribution in [0.25, 0.3) is 0 Å². The molecule has 1 unspecified atom stereocenters. The van der Waals surface area contributed by atoms with E-state index < -0.39 is 11.0 Å². The van der Waals surface area contributed by atoms with Crippen molar-refractivity contribution in [2.75, 3.05) is 0 Å². The fourth-order valence-corrected chi connectivity index (χ4v) is 1.35. The van der Waals surface area contributed by atoms with Crippen LogP contribution in [0.3, 0.4) is 0 Å². The van der Waals surface area contributed by atoms with E-state index in [1.807, 2.05) is 13.8 Å². The van der Waals surface area contributed by atoms with Gasteiger partial charge in [0.05, 0.1) is 11.0 Å². The molecular formula is C12H18ClN3O3. The summed E-state index contributed by atoms with van der Waals surface area (Å²) in [7, 11) is 0. The molecule has 3 N–H and O–H groups in total. The van der Waals surface area contributed by atoms with E-state index in [1.165, 1.54) is 12.1 Å². The fraction of sp³-hybridized carbons (Fsp3) is 0.417. The number of halogens is 1. The highest BCUT2D eigenvalue weighted by Crippen LogP contribution is 2.11. The third-order valence-electron chi connectivity index (χ3n) is 2.63. The van der Waals surface area contributed by atoms with Crippen LogP contribution in [0.4, 0.5) is 5.69 Å². The summed E-state index contributed by atoms with van der Waals surface area (Å²) in [4.78, 5) is 21.6. The Morgan fingerprint density at radius 2 is 1.89 bits per heavy atom. The highest BCUT2D eigenvalue weighted by atomic mass is 35.5. The molecule has 0 fully saturated rings. The SMILES string of the molecule is CC(C)C(N)C(=O)NCc1ccc([N+](=O)[O-])cc1.Cl. The van der Waals surface area contributed by atoms with Crippen LogP contribution >= 0.6 is 12.4 Å². The first-order valence-corrected chi connectivity index (χ1v) is 5.68. The third kappa shape index (κ3) is 5.23. The van der Waals surface area contributed by atoms with E-state index in [4.69, 9.17) is 5.73 Å². The summed E-state index contributed by atoms with van der Waals surface area (Å²) in [5, 5.41) is 13.2. The average Bonchev–Trinajstić information content (AvgIpc) is 2.35. The van der Waals surface area contributed by atoms with Crippen molar-refractivity contribution >= 4 is 24.0 Å². The van der Waals surface area contributed by atoms with Gasteiger partial charge in [0.2, 0.25) is 5.91 Å². The van der Waals surface area contributed by atoms with Crippen LogP contribution in [0.5, 0.6) is 0 Å². The number of nitrogens with two attached hydrogens (primary N) is 1. The zero-order chi connectivity index (χ0) is 13.7.